The van der Waals surface area contributed by atoms with E-state index in [2.05, 4.69) is 12.2 Å². The summed E-state index contributed by atoms with van der Waals surface area (Å²) in [5.74, 6) is 0. The van der Waals surface area contributed by atoms with Crippen molar-refractivity contribution in [2.45, 2.75) is 39.0 Å². The summed E-state index contributed by atoms with van der Waals surface area (Å²) < 4.78 is 40.4. The van der Waals surface area contributed by atoms with Crippen LogP contribution < -0.4 is 5.32 Å². The molecule has 110 valence electrons. The lowest BCUT2D eigenvalue weighted by molar-refractivity contribution is -0.137. The second-order valence-electron chi connectivity index (χ2n) is 5.05. The fraction of sp³-hybridized carbons (Fsp3) is 0.467. The maximum absolute atomic E-state index is 12.8. The largest absolute Gasteiger partial charge is 0.416 e. The Kier molecular flexibility index (Phi) is 4.09. The molecule has 0 aliphatic heterocycles. The van der Waals surface area contributed by atoms with Gasteiger partial charge in [-0.05, 0) is 44.5 Å². The highest BCUT2D eigenvalue weighted by molar-refractivity contribution is 5.82. The lowest BCUT2D eigenvalue weighted by Crippen LogP contribution is -2.24. The smallest absolute Gasteiger partial charge is 0.345 e. The molecule has 2 rings (SSSR count). The Labute approximate surface area is 116 Å². The van der Waals surface area contributed by atoms with E-state index in [4.69, 9.17) is 0 Å². The Hall–Kier alpha value is -1.49. The normalized spacial score (nSPS) is 13.9. The maximum Gasteiger partial charge on any atom is 0.416 e. The number of nitrogens with one attached hydrogen (secondary N) is 1. The van der Waals surface area contributed by atoms with Gasteiger partial charge in [-0.2, -0.15) is 13.2 Å². The van der Waals surface area contributed by atoms with Crippen LogP contribution in [-0.4, -0.2) is 17.7 Å². The van der Waals surface area contributed by atoms with Crippen molar-refractivity contribution < 1.29 is 13.2 Å². The molecule has 1 heterocycles. The topological polar surface area (TPSA) is 17.0 Å². The molecule has 5 heteroatoms. The molecule has 0 spiro atoms. The summed E-state index contributed by atoms with van der Waals surface area (Å²) in [7, 11) is 1.88. The van der Waals surface area contributed by atoms with Gasteiger partial charge < -0.3 is 9.88 Å². The minimum Gasteiger partial charge on any atom is -0.345 e. The van der Waals surface area contributed by atoms with Gasteiger partial charge in [0.15, 0.2) is 0 Å². The maximum atomic E-state index is 12.8. The van der Waals surface area contributed by atoms with Crippen LogP contribution in [0.4, 0.5) is 13.2 Å². The highest BCUT2D eigenvalue weighted by atomic mass is 19.4. The highest BCUT2D eigenvalue weighted by Crippen LogP contribution is 2.32. The van der Waals surface area contributed by atoms with Crippen molar-refractivity contribution in [1.29, 1.82) is 0 Å². The Morgan fingerprint density at radius 3 is 2.50 bits per heavy atom. The van der Waals surface area contributed by atoms with Gasteiger partial charge >= 0.3 is 6.18 Å². The molecule has 20 heavy (non-hydrogen) atoms. The molecule has 1 atom stereocenters. The molecule has 1 N–H and O–H groups in total. The van der Waals surface area contributed by atoms with Crippen molar-refractivity contribution in [2.75, 3.05) is 7.05 Å². The quantitative estimate of drug-likeness (QED) is 0.903. The zero-order valence-electron chi connectivity index (χ0n) is 11.9. The van der Waals surface area contributed by atoms with Crippen LogP contribution in [0.1, 0.15) is 25.1 Å². The van der Waals surface area contributed by atoms with Gasteiger partial charge in [0.05, 0.1) is 5.56 Å². The van der Waals surface area contributed by atoms with Crippen molar-refractivity contribution in [2.24, 2.45) is 0 Å². The Morgan fingerprint density at radius 2 is 1.95 bits per heavy atom. The summed E-state index contributed by atoms with van der Waals surface area (Å²) >= 11 is 0. The molecule has 0 fully saturated rings. The van der Waals surface area contributed by atoms with Crippen molar-refractivity contribution in [1.82, 2.24) is 9.88 Å². The van der Waals surface area contributed by atoms with Crippen LogP contribution in [0.25, 0.3) is 10.9 Å². The molecule has 2 nitrogen and oxygen atoms in total. The number of fused-ring (bicyclic) bond motifs is 1. The highest BCUT2D eigenvalue weighted by Gasteiger charge is 2.30. The second kappa shape index (κ2) is 5.48. The van der Waals surface area contributed by atoms with Crippen molar-refractivity contribution in [3.63, 3.8) is 0 Å². The van der Waals surface area contributed by atoms with E-state index in [-0.39, 0.29) is 6.04 Å². The predicted molar refractivity (Wildman–Crippen MR) is 74.8 cm³/mol. The molecule has 0 aliphatic rings. The molecule has 2 aromatic rings. The fourth-order valence-electron chi connectivity index (χ4n) is 2.45. The van der Waals surface area contributed by atoms with Crippen LogP contribution in [0, 0.1) is 0 Å². The minimum atomic E-state index is -4.30. The van der Waals surface area contributed by atoms with E-state index in [1.165, 1.54) is 6.07 Å². The SMILES string of the molecule is CCn1c(CC(C)NC)cc2ccc(C(F)(F)F)cc21. The molecule has 1 unspecified atom stereocenters. The van der Waals surface area contributed by atoms with Gasteiger partial charge in [0.2, 0.25) is 0 Å². The van der Waals surface area contributed by atoms with E-state index in [9.17, 15) is 13.2 Å². The molecule has 0 radical (unpaired) electrons. The van der Waals surface area contributed by atoms with Gasteiger partial charge in [0.25, 0.3) is 0 Å². The Morgan fingerprint density at radius 1 is 1.25 bits per heavy atom. The molecule has 0 aliphatic carbocycles. The zero-order valence-corrected chi connectivity index (χ0v) is 11.9. The van der Waals surface area contributed by atoms with Crippen LogP contribution >= 0.6 is 0 Å². The predicted octanol–water partition coefficient (Wildman–Crippen LogP) is 3.83. The third-order valence-corrected chi connectivity index (χ3v) is 3.64. The van der Waals surface area contributed by atoms with Gasteiger partial charge in [-0.25, -0.2) is 0 Å². The third kappa shape index (κ3) is 2.82. The van der Waals surface area contributed by atoms with Gasteiger partial charge in [-0.3, -0.25) is 0 Å². The van der Waals surface area contributed by atoms with E-state index in [1.807, 2.05) is 24.6 Å². The summed E-state index contributed by atoms with van der Waals surface area (Å²) in [4.78, 5) is 0. The first-order chi connectivity index (χ1) is 9.36. The lowest BCUT2D eigenvalue weighted by atomic mass is 10.1. The molecule has 1 aromatic carbocycles. The number of aryl methyl sites for hydroxylation is 1. The van der Waals surface area contributed by atoms with E-state index in [1.54, 1.807) is 6.07 Å². The van der Waals surface area contributed by atoms with E-state index in [0.29, 0.717) is 12.1 Å². The molecule has 0 saturated heterocycles. The first kappa shape index (κ1) is 14.9. The first-order valence-corrected chi connectivity index (χ1v) is 6.73. The summed E-state index contributed by atoms with van der Waals surface area (Å²) in [6.45, 7) is 4.67. The molecule has 0 amide bonds. The summed E-state index contributed by atoms with van der Waals surface area (Å²) in [6, 6.07) is 6.21. The summed E-state index contributed by atoms with van der Waals surface area (Å²) in [5.41, 5.74) is 1.12. The van der Waals surface area contributed by atoms with Gasteiger partial charge in [-0.15, -0.1) is 0 Å². The van der Waals surface area contributed by atoms with Crippen LogP contribution in [0.2, 0.25) is 0 Å². The number of alkyl halides is 3. The van der Waals surface area contributed by atoms with Gasteiger partial charge in [-0.1, -0.05) is 6.07 Å². The van der Waals surface area contributed by atoms with E-state index >= 15 is 0 Å². The van der Waals surface area contributed by atoms with E-state index in [0.717, 1.165) is 23.6 Å². The number of benzene rings is 1. The van der Waals surface area contributed by atoms with Crippen LogP contribution in [0.3, 0.4) is 0 Å². The average molecular weight is 284 g/mol. The van der Waals surface area contributed by atoms with Crippen molar-refractivity contribution in [3.05, 3.63) is 35.5 Å². The number of hydrogen-bond acceptors (Lipinski definition) is 1. The standard InChI is InChI=1S/C15H19F3N2/c1-4-20-13(7-10(2)19-3)8-11-5-6-12(9-14(11)20)15(16,17)18/h5-6,8-10,19H,4,7H2,1-3H3. The molecule has 1 aromatic heterocycles. The lowest BCUT2D eigenvalue weighted by Gasteiger charge is -2.13. The molecular weight excluding hydrogens is 265 g/mol. The van der Waals surface area contributed by atoms with Gasteiger partial charge in [0.1, 0.15) is 0 Å². The van der Waals surface area contributed by atoms with E-state index < -0.39 is 11.7 Å². The Bertz CT molecular complexity index is 599. The number of halogens is 3. The fourth-order valence-corrected chi connectivity index (χ4v) is 2.45. The molecule has 0 saturated carbocycles. The van der Waals surface area contributed by atoms with Crippen LogP contribution in [-0.2, 0) is 19.1 Å². The molecule has 0 bridgehead atoms. The molecular formula is C15H19F3N2. The number of likely N-dealkylation sites (N-methyl/N-ethyl adjacent to an activating group) is 1. The third-order valence-electron chi connectivity index (χ3n) is 3.64. The summed E-state index contributed by atoms with van der Waals surface area (Å²) in [5, 5.41) is 4.01. The first-order valence-electron chi connectivity index (χ1n) is 6.73. The van der Waals surface area contributed by atoms with Crippen LogP contribution in [0.15, 0.2) is 24.3 Å². The van der Waals surface area contributed by atoms with Crippen molar-refractivity contribution in [3.8, 4) is 0 Å². The monoisotopic (exact) mass is 284 g/mol. The van der Waals surface area contributed by atoms with Gasteiger partial charge in [0, 0.05) is 30.2 Å². The number of aromatic nitrogens is 1. The van der Waals surface area contributed by atoms with Crippen molar-refractivity contribution >= 4 is 10.9 Å². The summed E-state index contributed by atoms with van der Waals surface area (Å²) in [6.07, 6.45) is -3.50. The Balaban J connectivity index is 2.52. The minimum absolute atomic E-state index is 0.284. The average Bonchev–Trinajstić information content (AvgIpc) is 2.73. The number of hydrogen-bond donors (Lipinski definition) is 1. The zero-order chi connectivity index (χ0) is 14.9. The number of rotatable bonds is 4. The van der Waals surface area contributed by atoms with Crippen LogP contribution in [0.5, 0.6) is 0 Å². The second-order valence-corrected chi connectivity index (χ2v) is 5.05. The number of nitrogens with zero attached hydrogens (tertiary/aromatic N) is 1.